The molecule has 386 valence electrons. The van der Waals surface area contributed by atoms with E-state index >= 15 is 30.7 Å². The van der Waals surface area contributed by atoms with Crippen LogP contribution in [-0.4, -0.2) is 75.6 Å². The summed E-state index contributed by atoms with van der Waals surface area (Å²) in [5.41, 5.74) is -10.4. The Morgan fingerprint density at radius 3 is 1.46 bits per heavy atom. The van der Waals surface area contributed by atoms with Gasteiger partial charge in [0, 0.05) is 47.1 Å². The van der Waals surface area contributed by atoms with Crippen LogP contribution in [0.3, 0.4) is 0 Å². The summed E-state index contributed by atoms with van der Waals surface area (Å²) in [4.78, 5) is 53.3. The van der Waals surface area contributed by atoms with Crippen molar-refractivity contribution in [3.63, 3.8) is 0 Å². The van der Waals surface area contributed by atoms with E-state index in [1.165, 1.54) is 74.8 Å². The summed E-state index contributed by atoms with van der Waals surface area (Å²) in [7, 11) is 3.70. The third-order valence-electron chi connectivity index (χ3n) is 13.5. The van der Waals surface area contributed by atoms with Crippen LogP contribution in [-0.2, 0) is 30.3 Å². The number of ether oxygens (including phenoxy) is 4. The lowest BCUT2D eigenvalue weighted by Gasteiger charge is -2.42. The van der Waals surface area contributed by atoms with Gasteiger partial charge in [-0.15, -0.1) is 0 Å². The Morgan fingerprint density at radius 1 is 0.608 bits per heavy atom. The molecular formula is C53H40Cl2F8N2O9. The highest BCUT2D eigenvalue weighted by Gasteiger charge is 2.65. The average molecular weight is 1070 g/mol. The molecule has 0 bridgehead atoms. The van der Waals surface area contributed by atoms with Crippen LogP contribution in [0.25, 0.3) is 22.3 Å². The first kappa shape index (κ1) is 53.1. The summed E-state index contributed by atoms with van der Waals surface area (Å²) in [6.07, 6.45) is -10.9. The van der Waals surface area contributed by atoms with E-state index in [-0.39, 0.29) is 66.1 Å². The highest BCUT2D eigenvalue weighted by molar-refractivity contribution is 6.32. The van der Waals surface area contributed by atoms with E-state index in [4.69, 9.17) is 37.4 Å². The highest BCUT2D eigenvalue weighted by atomic mass is 35.5. The molecule has 2 aliphatic rings. The molecule has 74 heavy (non-hydrogen) atoms. The van der Waals surface area contributed by atoms with Crippen molar-refractivity contribution in [1.29, 1.82) is 0 Å². The standard InChI is InChI=1S/C53H40Cl2F8N2O9/c1-26(50(70,52(58,59)60)36-8-6-10-42-46(36)72-24-44(66)64(42)3)32-16-12-28(20-38(32)54)31-15-19-35(41(57)23-31)49(69)74-51(53(61,62)63,37-9-7-11-43-47(37)73-25-45(67)65(43)4)27(2)33-17-13-29(21-39(33)55)30-14-18-34(40(56)22-30)48(68)71-5/h6-23,26-27,70H,24-25H2,1-5H3. The maximum Gasteiger partial charge on any atom is 0.433 e. The van der Waals surface area contributed by atoms with Gasteiger partial charge >= 0.3 is 24.3 Å². The lowest BCUT2D eigenvalue weighted by Crippen LogP contribution is -2.51. The lowest BCUT2D eigenvalue weighted by molar-refractivity contribution is -0.275. The zero-order valence-electron chi connectivity index (χ0n) is 39.3. The molecule has 8 rings (SSSR count). The number of esters is 2. The Labute approximate surface area is 426 Å². The van der Waals surface area contributed by atoms with Gasteiger partial charge in [-0.1, -0.05) is 97.7 Å². The number of carbonyl (C=O) groups excluding carboxylic acids is 4. The van der Waals surface area contributed by atoms with Crippen LogP contribution in [0, 0.1) is 11.6 Å². The van der Waals surface area contributed by atoms with Crippen molar-refractivity contribution in [2.45, 2.75) is 49.2 Å². The molecule has 11 nitrogen and oxygen atoms in total. The second kappa shape index (κ2) is 19.6. The molecule has 1 N–H and O–H groups in total. The predicted octanol–water partition coefficient (Wildman–Crippen LogP) is 12.1. The summed E-state index contributed by atoms with van der Waals surface area (Å²) < 4.78 is 147. The van der Waals surface area contributed by atoms with Gasteiger partial charge in [0.1, 0.15) is 17.4 Å². The fourth-order valence-corrected chi connectivity index (χ4v) is 9.95. The van der Waals surface area contributed by atoms with Crippen LogP contribution in [0.15, 0.2) is 109 Å². The first-order chi connectivity index (χ1) is 34.8. The van der Waals surface area contributed by atoms with Crippen molar-refractivity contribution in [2.24, 2.45) is 0 Å². The number of likely N-dealkylation sites (N-methyl/N-ethyl adjacent to an activating group) is 2. The second-order valence-electron chi connectivity index (χ2n) is 17.5. The summed E-state index contributed by atoms with van der Waals surface area (Å²) in [6.45, 7) is 0.828. The van der Waals surface area contributed by atoms with E-state index in [0.29, 0.717) is 0 Å². The van der Waals surface area contributed by atoms with Crippen molar-refractivity contribution in [3.05, 3.63) is 164 Å². The van der Waals surface area contributed by atoms with Crippen molar-refractivity contribution >= 4 is 58.3 Å². The third kappa shape index (κ3) is 8.93. The third-order valence-corrected chi connectivity index (χ3v) is 14.1. The Kier molecular flexibility index (Phi) is 14.0. The molecule has 0 saturated heterocycles. The first-order valence-corrected chi connectivity index (χ1v) is 22.9. The molecule has 2 heterocycles. The maximum atomic E-state index is 16.4. The number of carbonyl (C=O) groups is 4. The van der Waals surface area contributed by atoms with Gasteiger partial charge < -0.3 is 33.9 Å². The van der Waals surface area contributed by atoms with Gasteiger partial charge in [0.25, 0.3) is 11.8 Å². The first-order valence-electron chi connectivity index (χ1n) is 22.2. The Hall–Kier alpha value is -7.22. The molecule has 0 spiro atoms. The maximum absolute atomic E-state index is 16.4. The average Bonchev–Trinajstić information content (AvgIpc) is 3.36. The molecule has 4 unspecified atom stereocenters. The molecule has 0 radical (unpaired) electrons. The van der Waals surface area contributed by atoms with Crippen molar-refractivity contribution in [3.8, 4) is 33.8 Å². The highest BCUT2D eigenvalue weighted by Crippen LogP contribution is 2.58. The van der Waals surface area contributed by atoms with E-state index in [1.54, 1.807) is 0 Å². The quantitative estimate of drug-likeness (QED) is 0.0995. The summed E-state index contributed by atoms with van der Waals surface area (Å²) in [5, 5.41) is 11.0. The molecule has 4 atom stereocenters. The topological polar surface area (TPSA) is 132 Å². The number of methoxy groups -OCH3 is 1. The van der Waals surface area contributed by atoms with E-state index in [1.807, 2.05) is 0 Å². The van der Waals surface area contributed by atoms with Crippen LogP contribution in [0.4, 0.5) is 46.5 Å². The fraction of sp³-hybridized carbons (Fsp3) is 0.245. The number of alkyl halides is 6. The minimum Gasteiger partial charge on any atom is -0.481 e. The van der Waals surface area contributed by atoms with Gasteiger partial charge in [0.05, 0.1) is 29.6 Å². The number of aliphatic hydroxyl groups is 1. The largest absolute Gasteiger partial charge is 0.481 e. The number of anilines is 2. The zero-order valence-corrected chi connectivity index (χ0v) is 40.9. The number of hydrogen-bond acceptors (Lipinski definition) is 9. The number of nitrogens with zero attached hydrogens (tertiary/aromatic N) is 2. The number of fused-ring (bicyclic) bond motifs is 2. The Balaban J connectivity index is 1.16. The number of benzene rings is 6. The fourth-order valence-electron chi connectivity index (χ4n) is 9.26. The number of amides is 2. The van der Waals surface area contributed by atoms with Gasteiger partial charge in [-0.3, -0.25) is 9.59 Å². The van der Waals surface area contributed by atoms with Crippen LogP contribution in [0.5, 0.6) is 11.5 Å². The van der Waals surface area contributed by atoms with Crippen LogP contribution < -0.4 is 19.3 Å². The minimum atomic E-state index is -5.57. The van der Waals surface area contributed by atoms with Crippen molar-refractivity contribution < 1.29 is 78.4 Å². The number of halogens is 10. The van der Waals surface area contributed by atoms with Gasteiger partial charge in [0.2, 0.25) is 5.60 Å². The SMILES string of the molecule is COC(=O)c1ccc(-c2ccc(C(C)C(OC(=O)c3ccc(-c4ccc(C(C)C(O)(c5cccc6c5OCC(=O)N6C)C(F)(F)F)c(Cl)c4)cc3F)(c3cccc4c3OCC(=O)N4C)C(F)(F)F)c(Cl)c2)cc1F. The van der Waals surface area contributed by atoms with Crippen LogP contribution in [0.1, 0.15) is 68.7 Å². The van der Waals surface area contributed by atoms with Gasteiger partial charge in [0.15, 0.2) is 24.6 Å². The smallest absolute Gasteiger partial charge is 0.433 e. The molecule has 0 fully saturated rings. The normalized spacial score (nSPS) is 16.2. The van der Waals surface area contributed by atoms with E-state index in [9.17, 15) is 28.7 Å². The Bertz CT molecular complexity index is 3280. The molecule has 0 aromatic heterocycles. The molecule has 6 aromatic rings. The molecule has 6 aromatic carbocycles. The van der Waals surface area contributed by atoms with Crippen molar-refractivity contribution in [1.82, 2.24) is 0 Å². The van der Waals surface area contributed by atoms with Gasteiger partial charge in [-0.2, -0.15) is 26.3 Å². The van der Waals surface area contributed by atoms with E-state index < -0.39 is 106 Å². The summed E-state index contributed by atoms with van der Waals surface area (Å²) >= 11 is 13.4. The summed E-state index contributed by atoms with van der Waals surface area (Å²) in [5.74, 6) is -11.0. The second-order valence-corrected chi connectivity index (χ2v) is 18.3. The van der Waals surface area contributed by atoms with Crippen molar-refractivity contribution in [2.75, 3.05) is 44.2 Å². The molecule has 0 saturated carbocycles. The number of para-hydroxylation sites is 2. The van der Waals surface area contributed by atoms with E-state index in [2.05, 4.69) is 4.74 Å². The molecule has 0 aliphatic carbocycles. The van der Waals surface area contributed by atoms with Crippen LogP contribution in [0.2, 0.25) is 10.0 Å². The molecule has 21 heteroatoms. The molecule has 2 amide bonds. The zero-order chi connectivity index (χ0) is 54.0. The molecule has 2 aliphatic heterocycles. The summed E-state index contributed by atoms with van der Waals surface area (Å²) in [6, 6.07) is 20.6. The lowest BCUT2D eigenvalue weighted by atomic mass is 9.76. The Morgan fingerprint density at radius 2 is 1.03 bits per heavy atom. The number of hydrogen-bond donors (Lipinski definition) is 1. The number of rotatable bonds is 11. The monoisotopic (exact) mass is 1070 g/mol. The van der Waals surface area contributed by atoms with Gasteiger partial charge in [-0.25, -0.2) is 18.4 Å². The van der Waals surface area contributed by atoms with E-state index in [0.717, 1.165) is 79.3 Å². The van der Waals surface area contributed by atoms with Crippen LogP contribution >= 0.6 is 23.2 Å². The predicted molar refractivity (Wildman–Crippen MR) is 256 cm³/mol. The minimum absolute atomic E-state index is 0.0149. The molecular weight excluding hydrogens is 1030 g/mol. The van der Waals surface area contributed by atoms with Gasteiger partial charge in [-0.05, 0) is 81.9 Å².